The van der Waals surface area contributed by atoms with E-state index in [0.29, 0.717) is 0 Å². The van der Waals surface area contributed by atoms with E-state index >= 15 is 0 Å². The van der Waals surface area contributed by atoms with Crippen molar-refractivity contribution in [2.75, 3.05) is 20.1 Å². The van der Waals surface area contributed by atoms with Crippen LogP contribution in [0.3, 0.4) is 0 Å². The maximum atomic E-state index is 13.1. The van der Waals surface area contributed by atoms with Crippen molar-refractivity contribution >= 4 is 5.91 Å². The van der Waals surface area contributed by atoms with E-state index in [1.807, 2.05) is 37.5 Å². The normalized spacial score (nSPS) is 19.2. The largest absolute Gasteiger partial charge is 0.359 e. The summed E-state index contributed by atoms with van der Waals surface area (Å²) in [4.78, 5) is 24.3. The van der Waals surface area contributed by atoms with Crippen molar-refractivity contribution in [1.29, 1.82) is 0 Å². The molecule has 0 saturated carbocycles. The molecule has 0 aliphatic carbocycles. The van der Waals surface area contributed by atoms with Crippen LogP contribution in [0.5, 0.6) is 0 Å². The van der Waals surface area contributed by atoms with Crippen molar-refractivity contribution in [3.05, 3.63) is 83.9 Å². The molecule has 1 N–H and O–H groups in total. The second-order valence-corrected chi connectivity index (χ2v) is 8.56. The monoisotopic (exact) mass is 414 g/mol. The van der Waals surface area contributed by atoms with E-state index in [2.05, 4.69) is 56.6 Å². The molecule has 3 heterocycles. The smallest absolute Gasteiger partial charge is 0.227 e. The molecule has 4 rings (SSSR count). The molecule has 1 aliphatic rings. The third-order valence-electron chi connectivity index (χ3n) is 6.18. The van der Waals surface area contributed by atoms with Crippen LogP contribution in [0.1, 0.15) is 29.8 Å². The first-order valence-corrected chi connectivity index (χ1v) is 10.9. The molecule has 5 heteroatoms. The van der Waals surface area contributed by atoms with Gasteiger partial charge in [0, 0.05) is 38.2 Å². The predicted octanol–water partition coefficient (Wildman–Crippen LogP) is 4.02. The third kappa shape index (κ3) is 5.00. The summed E-state index contributed by atoms with van der Waals surface area (Å²) in [5.41, 5.74) is 5.14. The third-order valence-corrected chi connectivity index (χ3v) is 6.18. The Morgan fingerprint density at radius 2 is 1.90 bits per heavy atom. The number of nitrogens with zero attached hydrogens (tertiary/aromatic N) is 3. The van der Waals surface area contributed by atoms with Crippen LogP contribution in [0.15, 0.2) is 67.0 Å². The Hall–Kier alpha value is -3.05. The number of piperidine rings is 1. The highest BCUT2D eigenvalue weighted by molar-refractivity contribution is 5.83. The minimum Gasteiger partial charge on any atom is -0.359 e. The van der Waals surface area contributed by atoms with Crippen LogP contribution in [-0.2, 0) is 17.8 Å². The number of rotatable bonds is 6. The van der Waals surface area contributed by atoms with Crippen molar-refractivity contribution in [3.8, 4) is 11.1 Å². The number of carbonyl (C=O) groups is 1. The lowest BCUT2D eigenvalue weighted by molar-refractivity contribution is -0.134. The molecule has 3 aromatic rings. The number of pyridine rings is 2. The van der Waals surface area contributed by atoms with Crippen LogP contribution in [-0.4, -0.2) is 40.9 Å². The minimum absolute atomic E-state index is 0.128. The van der Waals surface area contributed by atoms with Gasteiger partial charge in [-0.3, -0.25) is 19.7 Å². The first kappa shape index (κ1) is 21.2. The molecule has 1 atom stereocenters. The fourth-order valence-corrected chi connectivity index (χ4v) is 4.75. The van der Waals surface area contributed by atoms with Gasteiger partial charge in [0.1, 0.15) is 0 Å². The maximum absolute atomic E-state index is 13.1. The Bertz CT molecular complexity index is 1040. The van der Waals surface area contributed by atoms with E-state index in [0.717, 1.165) is 61.4 Å². The van der Waals surface area contributed by atoms with Crippen molar-refractivity contribution < 1.29 is 4.79 Å². The number of amides is 1. The number of hydrogen-bond donors (Lipinski definition) is 1. The zero-order valence-corrected chi connectivity index (χ0v) is 18.3. The predicted molar refractivity (Wildman–Crippen MR) is 123 cm³/mol. The molecule has 0 unspecified atom stereocenters. The summed E-state index contributed by atoms with van der Waals surface area (Å²) < 4.78 is 0. The zero-order valence-electron chi connectivity index (χ0n) is 18.3. The van der Waals surface area contributed by atoms with E-state index in [1.54, 1.807) is 7.05 Å². The molecule has 1 aromatic carbocycles. The Balaban J connectivity index is 1.57. The van der Waals surface area contributed by atoms with Gasteiger partial charge < -0.3 is 5.32 Å². The highest BCUT2D eigenvalue weighted by atomic mass is 16.2. The van der Waals surface area contributed by atoms with Gasteiger partial charge in [0.05, 0.1) is 11.1 Å². The average Bonchev–Trinajstić information content (AvgIpc) is 2.79. The highest BCUT2D eigenvalue weighted by Crippen LogP contribution is 2.35. The molecule has 1 aliphatic heterocycles. The molecule has 0 radical (unpaired) electrons. The summed E-state index contributed by atoms with van der Waals surface area (Å²) in [6, 6.07) is 18.7. The van der Waals surface area contributed by atoms with E-state index < -0.39 is 5.41 Å². The molecule has 1 saturated heterocycles. The molecule has 1 amide bonds. The lowest BCUT2D eigenvalue weighted by Crippen LogP contribution is -2.52. The van der Waals surface area contributed by atoms with Crippen LogP contribution in [0.25, 0.3) is 11.1 Å². The Morgan fingerprint density at radius 1 is 1.10 bits per heavy atom. The number of nitrogens with one attached hydrogen (secondary N) is 1. The number of benzene rings is 1. The molecule has 160 valence electrons. The number of carbonyl (C=O) groups excluding carboxylic acids is 1. The summed E-state index contributed by atoms with van der Waals surface area (Å²) in [5, 5.41) is 2.95. The standard InChI is InChI=1S/C26H30N4O/c1-20-6-3-9-24(29-20)18-30-15-5-12-26(19-30,25(31)27-2)17-21-7-4-8-23(16-21)22-10-13-28-14-11-22/h3-4,6-11,13-14,16H,5,12,15,17-19H2,1-2H3,(H,27,31)/t26-/m0/s1. The molecule has 31 heavy (non-hydrogen) atoms. The van der Waals surface area contributed by atoms with Crippen LogP contribution < -0.4 is 5.32 Å². The number of hydrogen-bond acceptors (Lipinski definition) is 4. The summed E-state index contributed by atoms with van der Waals surface area (Å²) in [6.07, 6.45) is 6.25. The fourth-order valence-electron chi connectivity index (χ4n) is 4.75. The van der Waals surface area contributed by atoms with Gasteiger partial charge in [0.15, 0.2) is 0 Å². The van der Waals surface area contributed by atoms with Gasteiger partial charge in [0.25, 0.3) is 0 Å². The SMILES string of the molecule is CNC(=O)[C@]1(Cc2cccc(-c3ccncc3)c2)CCCN(Cc2cccc(C)n2)C1. The number of likely N-dealkylation sites (tertiary alicyclic amines) is 1. The van der Waals surface area contributed by atoms with Gasteiger partial charge in [0.2, 0.25) is 5.91 Å². The average molecular weight is 415 g/mol. The minimum atomic E-state index is -0.437. The van der Waals surface area contributed by atoms with E-state index in [9.17, 15) is 4.79 Å². The van der Waals surface area contributed by atoms with Crippen LogP contribution in [0, 0.1) is 12.3 Å². The van der Waals surface area contributed by atoms with Crippen molar-refractivity contribution in [1.82, 2.24) is 20.2 Å². The molecular formula is C26H30N4O. The lowest BCUT2D eigenvalue weighted by Gasteiger charge is -2.41. The van der Waals surface area contributed by atoms with Crippen molar-refractivity contribution in [2.45, 2.75) is 32.7 Å². The van der Waals surface area contributed by atoms with Gasteiger partial charge in [-0.05, 0) is 73.7 Å². The van der Waals surface area contributed by atoms with E-state index in [1.165, 1.54) is 5.56 Å². The van der Waals surface area contributed by atoms with Gasteiger partial charge in [-0.25, -0.2) is 0 Å². The van der Waals surface area contributed by atoms with E-state index in [4.69, 9.17) is 0 Å². The fraction of sp³-hybridized carbons (Fsp3) is 0.346. The van der Waals surface area contributed by atoms with E-state index in [-0.39, 0.29) is 5.91 Å². The van der Waals surface area contributed by atoms with Crippen molar-refractivity contribution in [3.63, 3.8) is 0 Å². The topological polar surface area (TPSA) is 58.1 Å². The molecular weight excluding hydrogens is 384 g/mol. The summed E-state index contributed by atoms with van der Waals surface area (Å²) >= 11 is 0. The first-order valence-electron chi connectivity index (χ1n) is 10.9. The molecule has 0 spiro atoms. The molecule has 1 fully saturated rings. The lowest BCUT2D eigenvalue weighted by atomic mass is 9.74. The number of aromatic nitrogens is 2. The zero-order chi connectivity index (χ0) is 21.7. The Morgan fingerprint density at radius 3 is 2.68 bits per heavy atom. The van der Waals surface area contributed by atoms with Crippen LogP contribution >= 0.6 is 0 Å². The molecule has 2 aromatic heterocycles. The Labute approximate surface area is 184 Å². The van der Waals surface area contributed by atoms with Gasteiger partial charge >= 0.3 is 0 Å². The van der Waals surface area contributed by atoms with Crippen LogP contribution in [0.4, 0.5) is 0 Å². The van der Waals surface area contributed by atoms with Gasteiger partial charge in [-0.1, -0.05) is 30.3 Å². The van der Waals surface area contributed by atoms with Gasteiger partial charge in [-0.2, -0.15) is 0 Å². The molecule has 0 bridgehead atoms. The second kappa shape index (κ2) is 9.40. The Kier molecular flexibility index (Phi) is 6.42. The highest BCUT2D eigenvalue weighted by Gasteiger charge is 2.41. The summed E-state index contributed by atoms with van der Waals surface area (Å²) in [7, 11) is 1.75. The summed E-state index contributed by atoms with van der Waals surface area (Å²) in [5.74, 6) is 0.128. The second-order valence-electron chi connectivity index (χ2n) is 8.56. The quantitative estimate of drug-likeness (QED) is 0.662. The van der Waals surface area contributed by atoms with Crippen LogP contribution in [0.2, 0.25) is 0 Å². The summed E-state index contributed by atoms with van der Waals surface area (Å²) in [6.45, 7) is 4.52. The van der Waals surface area contributed by atoms with Gasteiger partial charge in [-0.15, -0.1) is 0 Å². The maximum Gasteiger partial charge on any atom is 0.227 e. The number of aryl methyl sites for hydroxylation is 1. The van der Waals surface area contributed by atoms with Crippen molar-refractivity contribution in [2.24, 2.45) is 5.41 Å². The molecule has 5 nitrogen and oxygen atoms in total. The first-order chi connectivity index (χ1) is 15.1.